The summed E-state index contributed by atoms with van der Waals surface area (Å²) in [6.07, 6.45) is 1.62. The van der Waals surface area contributed by atoms with Gasteiger partial charge in [0, 0.05) is 17.2 Å². The van der Waals surface area contributed by atoms with E-state index in [9.17, 15) is 0 Å². The van der Waals surface area contributed by atoms with E-state index in [1.54, 1.807) is 6.08 Å². The largest absolute Gasteiger partial charge is 0.415 e. The Kier molecular flexibility index (Phi) is 3.14. The lowest BCUT2D eigenvalue weighted by Crippen LogP contribution is -2.16. The van der Waals surface area contributed by atoms with Crippen molar-refractivity contribution in [2.75, 3.05) is 0 Å². The fraction of sp³-hybridized carbons (Fsp3) is 0.500. The minimum Gasteiger partial charge on any atom is -0.415 e. The van der Waals surface area contributed by atoms with Crippen molar-refractivity contribution >= 4 is 0 Å². The van der Waals surface area contributed by atoms with Gasteiger partial charge in [-0.25, -0.2) is 0 Å². The molecule has 0 spiro atoms. The fourth-order valence-corrected chi connectivity index (χ4v) is 0.596. The van der Waals surface area contributed by atoms with Gasteiger partial charge in [0.25, 0.3) is 0 Å². The number of rotatable bonds is 2. The molecule has 0 amide bonds. The van der Waals surface area contributed by atoms with Crippen molar-refractivity contribution in [3.05, 3.63) is 24.1 Å². The highest BCUT2D eigenvalue weighted by molar-refractivity contribution is 5.17. The van der Waals surface area contributed by atoms with E-state index < -0.39 is 0 Å². The summed E-state index contributed by atoms with van der Waals surface area (Å²) in [7, 11) is 0. The Morgan fingerprint density at radius 3 is 2.00 bits per heavy atom. The molecule has 0 fully saturated rings. The molecule has 0 saturated carbocycles. The summed E-state index contributed by atoms with van der Waals surface area (Å²) >= 11 is 0. The van der Waals surface area contributed by atoms with Gasteiger partial charge >= 0.3 is 0 Å². The molecule has 0 atom stereocenters. The smallest absolute Gasteiger partial charge is 0.131 e. The Balaban J connectivity index is 4.54. The Labute approximate surface area is 67.7 Å². The third-order valence-corrected chi connectivity index (χ3v) is 1.18. The van der Waals surface area contributed by atoms with Crippen LogP contribution in [0, 0.1) is 5.41 Å². The van der Waals surface area contributed by atoms with Gasteiger partial charge in [-0.3, -0.25) is 0 Å². The summed E-state index contributed by atoms with van der Waals surface area (Å²) in [6.45, 7) is 9.46. The number of hydrogen-bond donors (Lipinski definition) is 2. The Hall–Kier alpha value is -0.960. The van der Waals surface area contributed by atoms with Gasteiger partial charge in [-0.2, -0.15) is 5.90 Å². The Morgan fingerprint density at radius 2 is 1.91 bits per heavy atom. The quantitative estimate of drug-likeness (QED) is 0.359. The third-order valence-electron chi connectivity index (χ3n) is 1.18. The molecular formula is C8H16N2O. The summed E-state index contributed by atoms with van der Waals surface area (Å²) in [5, 5.41) is 0. The molecule has 0 aromatic rings. The van der Waals surface area contributed by atoms with Crippen LogP contribution in [0.15, 0.2) is 24.1 Å². The molecule has 0 saturated heterocycles. The second-order valence-electron chi connectivity index (χ2n) is 3.45. The Morgan fingerprint density at radius 1 is 1.45 bits per heavy atom. The van der Waals surface area contributed by atoms with Crippen LogP contribution in [0.3, 0.4) is 0 Å². The molecule has 0 bridgehead atoms. The zero-order valence-corrected chi connectivity index (χ0v) is 7.35. The number of allylic oxidation sites excluding steroid dienone is 2. The first-order valence-electron chi connectivity index (χ1n) is 3.41. The zero-order chi connectivity index (χ0) is 9.07. The summed E-state index contributed by atoms with van der Waals surface area (Å²) in [6, 6.07) is 0. The first-order valence-corrected chi connectivity index (χ1v) is 3.41. The van der Waals surface area contributed by atoms with E-state index in [1.807, 2.05) is 20.8 Å². The van der Waals surface area contributed by atoms with Crippen molar-refractivity contribution < 1.29 is 4.84 Å². The van der Waals surface area contributed by atoms with Crippen molar-refractivity contribution in [2.24, 2.45) is 17.0 Å². The predicted molar refractivity (Wildman–Crippen MR) is 46.1 cm³/mol. The predicted octanol–water partition coefficient (Wildman–Crippen LogP) is 1.28. The maximum Gasteiger partial charge on any atom is 0.131 e. The molecule has 0 aliphatic heterocycles. The molecule has 0 heterocycles. The van der Waals surface area contributed by atoms with Crippen LogP contribution in [-0.2, 0) is 4.84 Å². The van der Waals surface area contributed by atoms with Gasteiger partial charge in [-0.15, -0.1) is 0 Å². The fourth-order valence-electron chi connectivity index (χ4n) is 0.596. The summed E-state index contributed by atoms with van der Waals surface area (Å²) in [5.74, 6) is 5.67. The monoisotopic (exact) mass is 156 g/mol. The SMILES string of the molecule is C=C(N)/C=C(\ON)C(C)(C)C. The average Bonchev–Trinajstić information content (AvgIpc) is 1.79. The summed E-state index contributed by atoms with van der Waals surface area (Å²) in [4.78, 5) is 4.65. The lowest BCUT2D eigenvalue weighted by Gasteiger charge is -2.20. The van der Waals surface area contributed by atoms with E-state index >= 15 is 0 Å². The van der Waals surface area contributed by atoms with Crippen molar-refractivity contribution in [3.63, 3.8) is 0 Å². The van der Waals surface area contributed by atoms with Gasteiger partial charge in [0.2, 0.25) is 0 Å². The van der Waals surface area contributed by atoms with Crippen molar-refractivity contribution in [1.29, 1.82) is 0 Å². The number of hydrogen-bond acceptors (Lipinski definition) is 3. The van der Waals surface area contributed by atoms with Gasteiger partial charge < -0.3 is 10.6 Å². The molecule has 0 aromatic carbocycles. The molecule has 11 heavy (non-hydrogen) atoms. The van der Waals surface area contributed by atoms with E-state index in [-0.39, 0.29) is 5.41 Å². The van der Waals surface area contributed by atoms with Crippen LogP contribution in [0.5, 0.6) is 0 Å². The minimum absolute atomic E-state index is 0.128. The molecule has 0 aromatic heterocycles. The Bertz CT molecular complexity index is 177. The second kappa shape index (κ2) is 3.44. The molecule has 0 aliphatic rings. The van der Waals surface area contributed by atoms with Crippen LogP contribution in [0.4, 0.5) is 0 Å². The molecular weight excluding hydrogens is 140 g/mol. The van der Waals surface area contributed by atoms with Crippen molar-refractivity contribution in [2.45, 2.75) is 20.8 Å². The summed E-state index contributed by atoms with van der Waals surface area (Å²) < 4.78 is 0. The highest BCUT2D eigenvalue weighted by Gasteiger charge is 2.18. The standard InChI is InChI=1S/C8H16N2O/c1-6(9)5-7(11-10)8(2,3)4/h5H,1,9-10H2,2-4H3/b7-5-. The normalized spacial score (nSPS) is 12.9. The first-order chi connectivity index (χ1) is 4.88. The van der Waals surface area contributed by atoms with E-state index in [0.717, 1.165) is 0 Å². The lowest BCUT2D eigenvalue weighted by molar-refractivity contribution is 0.155. The highest BCUT2D eigenvalue weighted by Crippen LogP contribution is 2.24. The van der Waals surface area contributed by atoms with Crippen LogP contribution < -0.4 is 11.6 Å². The van der Waals surface area contributed by atoms with Gasteiger partial charge in [-0.1, -0.05) is 27.4 Å². The maximum atomic E-state index is 5.36. The van der Waals surface area contributed by atoms with Gasteiger partial charge in [0.1, 0.15) is 5.76 Å². The zero-order valence-electron chi connectivity index (χ0n) is 7.35. The van der Waals surface area contributed by atoms with E-state index in [2.05, 4.69) is 11.4 Å². The average molecular weight is 156 g/mol. The van der Waals surface area contributed by atoms with Gasteiger partial charge in [0.05, 0.1) is 0 Å². The molecule has 0 unspecified atom stereocenters. The topological polar surface area (TPSA) is 61.3 Å². The molecule has 0 aliphatic carbocycles. The highest BCUT2D eigenvalue weighted by atomic mass is 16.6. The minimum atomic E-state index is -0.128. The van der Waals surface area contributed by atoms with Crippen LogP contribution in [0.25, 0.3) is 0 Å². The molecule has 64 valence electrons. The van der Waals surface area contributed by atoms with E-state index in [1.165, 1.54) is 0 Å². The van der Waals surface area contributed by atoms with Crippen molar-refractivity contribution in [1.82, 2.24) is 0 Å². The summed E-state index contributed by atoms with van der Waals surface area (Å²) in [5.41, 5.74) is 5.68. The van der Waals surface area contributed by atoms with E-state index in [0.29, 0.717) is 11.5 Å². The molecule has 0 rings (SSSR count). The van der Waals surface area contributed by atoms with Crippen LogP contribution in [0.1, 0.15) is 20.8 Å². The number of nitrogens with two attached hydrogens (primary N) is 2. The van der Waals surface area contributed by atoms with Crippen molar-refractivity contribution in [3.8, 4) is 0 Å². The van der Waals surface area contributed by atoms with Crippen LogP contribution in [-0.4, -0.2) is 0 Å². The van der Waals surface area contributed by atoms with Gasteiger partial charge in [0.15, 0.2) is 0 Å². The maximum absolute atomic E-state index is 5.36. The second-order valence-corrected chi connectivity index (χ2v) is 3.45. The first kappa shape index (κ1) is 10.0. The molecule has 3 nitrogen and oxygen atoms in total. The van der Waals surface area contributed by atoms with Crippen LogP contribution in [0.2, 0.25) is 0 Å². The molecule has 0 radical (unpaired) electrons. The van der Waals surface area contributed by atoms with E-state index in [4.69, 9.17) is 11.6 Å². The molecule has 3 heteroatoms. The third kappa shape index (κ3) is 3.68. The van der Waals surface area contributed by atoms with Gasteiger partial charge in [-0.05, 0) is 0 Å². The lowest BCUT2D eigenvalue weighted by atomic mass is 9.93. The molecule has 4 N–H and O–H groups in total. The van der Waals surface area contributed by atoms with Crippen LogP contribution >= 0.6 is 0 Å².